The Kier molecular flexibility index (Phi) is 4.47. The lowest BCUT2D eigenvalue weighted by Gasteiger charge is -2.09. The second kappa shape index (κ2) is 6.90. The van der Waals surface area contributed by atoms with E-state index in [1.807, 2.05) is 31.2 Å². The average molecular weight is 366 g/mol. The van der Waals surface area contributed by atoms with Crippen molar-refractivity contribution in [3.63, 3.8) is 0 Å². The van der Waals surface area contributed by atoms with Crippen LogP contribution in [0.2, 0.25) is 5.02 Å². The molecular formula is C20H16ClN3S. The van der Waals surface area contributed by atoms with Crippen LogP contribution in [0.1, 0.15) is 11.4 Å². The van der Waals surface area contributed by atoms with Crippen LogP contribution in [0.5, 0.6) is 0 Å². The second-order valence-corrected chi connectivity index (χ2v) is 7.19. The molecule has 3 aromatic carbocycles. The minimum Gasteiger partial charge on any atom is -0.274 e. The number of fused-ring (bicyclic) bond motifs is 1. The van der Waals surface area contributed by atoms with Gasteiger partial charge in [-0.1, -0.05) is 65.8 Å². The van der Waals surface area contributed by atoms with Crippen LogP contribution in [0.15, 0.2) is 71.9 Å². The third-order valence-electron chi connectivity index (χ3n) is 4.06. The van der Waals surface area contributed by atoms with Gasteiger partial charge in [0.1, 0.15) is 5.82 Å². The number of aryl methyl sites for hydroxylation is 1. The monoisotopic (exact) mass is 365 g/mol. The molecule has 0 bridgehead atoms. The van der Waals surface area contributed by atoms with E-state index < -0.39 is 0 Å². The fraction of sp³-hybridized carbons (Fsp3) is 0.100. The summed E-state index contributed by atoms with van der Waals surface area (Å²) in [5.74, 6) is 1.71. The normalized spacial score (nSPS) is 11.1. The summed E-state index contributed by atoms with van der Waals surface area (Å²) in [7, 11) is 0. The van der Waals surface area contributed by atoms with Crippen molar-refractivity contribution in [2.45, 2.75) is 17.8 Å². The summed E-state index contributed by atoms with van der Waals surface area (Å²) in [5, 5.41) is 12.7. The molecule has 25 heavy (non-hydrogen) atoms. The zero-order chi connectivity index (χ0) is 17.2. The van der Waals surface area contributed by atoms with Crippen molar-refractivity contribution in [3.8, 4) is 5.69 Å². The largest absolute Gasteiger partial charge is 0.274 e. The van der Waals surface area contributed by atoms with E-state index in [1.54, 1.807) is 11.8 Å². The molecule has 124 valence electrons. The smallest absolute Gasteiger partial charge is 0.196 e. The lowest BCUT2D eigenvalue weighted by molar-refractivity contribution is 0.868. The number of hydrogen-bond donors (Lipinski definition) is 0. The Hall–Kier alpha value is -2.30. The Morgan fingerprint density at radius 1 is 0.920 bits per heavy atom. The molecule has 0 atom stereocenters. The van der Waals surface area contributed by atoms with Gasteiger partial charge in [-0.05, 0) is 47.5 Å². The number of aromatic nitrogens is 3. The van der Waals surface area contributed by atoms with Gasteiger partial charge in [0.05, 0.1) is 0 Å². The van der Waals surface area contributed by atoms with Gasteiger partial charge >= 0.3 is 0 Å². The third-order valence-corrected chi connectivity index (χ3v) is 5.31. The van der Waals surface area contributed by atoms with Crippen LogP contribution >= 0.6 is 23.4 Å². The van der Waals surface area contributed by atoms with E-state index in [0.29, 0.717) is 0 Å². The van der Waals surface area contributed by atoms with Gasteiger partial charge in [0.2, 0.25) is 0 Å². The molecule has 0 fully saturated rings. The van der Waals surface area contributed by atoms with Crippen LogP contribution in [-0.4, -0.2) is 14.8 Å². The van der Waals surface area contributed by atoms with E-state index in [2.05, 4.69) is 57.2 Å². The SMILES string of the molecule is Cc1nnc(SCc2ccc3ccccc3c2)n1-c1ccc(Cl)cc1. The highest BCUT2D eigenvalue weighted by molar-refractivity contribution is 7.98. The van der Waals surface area contributed by atoms with Crippen molar-refractivity contribution >= 4 is 34.1 Å². The molecular weight excluding hydrogens is 350 g/mol. The molecule has 0 saturated carbocycles. The number of benzene rings is 3. The van der Waals surface area contributed by atoms with Gasteiger partial charge in [-0.3, -0.25) is 4.57 Å². The second-order valence-electron chi connectivity index (χ2n) is 5.81. The van der Waals surface area contributed by atoms with Crippen molar-refractivity contribution in [2.24, 2.45) is 0 Å². The Balaban J connectivity index is 1.59. The summed E-state index contributed by atoms with van der Waals surface area (Å²) in [6.07, 6.45) is 0. The molecule has 0 saturated heterocycles. The van der Waals surface area contributed by atoms with Gasteiger partial charge in [0.25, 0.3) is 0 Å². The molecule has 4 aromatic rings. The Labute approximate surface area is 155 Å². The number of rotatable bonds is 4. The fourth-order valence-electron chi connectivity index (χ4n) is 2.80. The fourth-order valence-corrected chi connectivity index (χ4v) is 3.87. The standard InChI is InChI=1S/C20H16ClN3S/c1-14-22-23-20(24(14)19-10-8-18(21)9-11-19)25-13-15-6-7-16-4-2-3-5-17(16)12-15/h2-12H,13H2,1H3. The van der Waals surface area contributed by atoms with E-state index in [4.69, 9.17) is 11.6 Å². The van der Waals surface area contributed by atoms with Gasteiger partial charge in [-0.2, -0.15) is 0 Å². The Bertz CT molecular complexity index is 1020. The van der Waals surface area contributed by atoms with Gasteiger partial charge in [0, 0.05) is 16.5 Å². The maximum atomic E-state index is 6.00. The van der Waals surface area contributed by atoms with Crippen LogP contribution in [0.3, 0.4) is 0 Å². The predicted molar refractivity (Wildman–Crippen MR) is 105 cm³/mol. The molecule has 0 N–H and O–H groups in total. The first-order chi connectivity index (χ1) is 12.2. The molecule has 0 unspecified atom stereocenters. The summed E-state index contributed by atoms with van der Waals surface area (Å²) in [6.45, 7) is 1.96. The number of thioether (sulfide) groups is 1. The number of nitrogens with zero attached hydrogens (tertiary/aromatic N) is 3. The highest BCUT2D eigenvalue weighted by Gasteiger charge is 2.11. The minimum absolute atomic E-state index is 0.722. The maximum absolute atomic E-state index is 6.00. The molecule has 1 heterocycles. The first kappa shape index (κ1) is 16.2. The van der Waals surface area contributed by atoms with Crippen LogP contribution in [0.25, 0.3) is 16.5 Å². The molecule has 3 nitrogen and oxygen atoms in total. The molecule has 0 radical (unpaired) electrons. The van der Waals surface area contributed by atoms with Crippen molar-refractivity contribution in [1.29, 1.82) is 0 Å². The topological polar surface area (TPSA) is 30.7 Å². The number of halogens is 1. The molecule has 0 aliphatic rings. The van der Waals surface area contributed by atoms with Crippen LogP contribution in [0.4, 0.5) is 0 Å². The summed E-state index contributed by atoms with van der Waals surface area (Å²) in [6, 6.07) is 22.7. The average Bonchev–Trinajstić information content (AvgIpc) is 3.01. The van der Waals surface area contributed by atoms with E-state index in [1.165, 1.54) is 16.3 Å². The van der Waals surface area contributed by atoms with Crippen molar-refractivity contribution in [3.05, 3.63) is 83.1 Å². The molecule has 4 rings (SSSR count). The molecule has 1 aromatic heterocycles. The summed E-state index contributed by atoms with van der Waals surface area (Å²) < 4.78 is 2.06. The third kappa shape index (κ3) is 3.41. The van der Waals surface area contributed by atoms with Crippen LogP contribution in [0, 0.1) is 6.92 Å². The van der Waals surface area contributed by atoms with E-state index >= 15 is 0 Å². The molecule has 0 spiro atoms. The van der Waals surface area contributed by atoms with Crippen LogP contribution in [-0.2, 0) is 5.75 Å². The summed E-state index contributed by atoms with van der Waals surface area (Å²) in [5.41, 5.74) is 2.29. The van der Waals surface area contributed by atoms with Gasteiger partial charge in [-0.25, -0.2) is 0 Å². The van der Waals surface area contributed by atoms with Crippen molar-refractivity contribution in [1.82, 2.24) is 14.8 Å². The van der Waals surface area contributed by atoms with Crippen LogP contribution < -0.4 is 0 Å². The lowest BCUT2D eigenvalue weighted by Crippen LogP contribution is -1.99. The predicted octanol–water partition coefficient (Wildman–Crippen LogP) is 5.67. The Morgan fingerprint density at radius 3 is 2.48 bits per heavy atom. The Morgan fingerprint density at radius 2 is 1.68 bits per heavy atom. The molecule has 0 aliphatic heterocycles. The summed E-state index contributed by atoms with van der Waals surface area (Å²) in [4.78, 5) is 0. The first-order valence-corrected chi connectivity index (χ1v) is 9.35. The van der Waals surface area contributed by atoms with Gasteiger partial charge in [-0.15, -0.1) is 10.2 Å². The van der Waals surface area contributed by atoms with Gasteiger partial charge in [0.15, 0.2) is 5.16 Å². The zero-order valence-electron chi connectivity index (χ0n) is 13.7. The quantitative estimate of drug-likeness (QED) is 0.436. The maximum Gasteiger partial charge on any atom is 0.196 e. The van der Waals surface area contributed by atoms with Gasteiger partial charge < -0.3 is 0 Å². The van der Waals surface area contributed by atoms with E-state index in [0.717, 1.165) is 27.4 Å². The van der Waals surface area contributed by atoms with Crippen molar-refractivity contribution < 1.29 is 0 Å². The lowest BCUT2D eigenvalue weighted by atomic mass is 10.1. The molecule has 5 heteroatoms. The zero-order valence-corrected chi connectivity index (χ0v) is 15.3. The highest BCUT2D eigenvalue weighted by atomic mass is 35.5. The molecule has 0 amide bonds. The first-order valence-electron chi connectivity index (χ1n) is 7.99. The summed E-state index contributed by atoms with van der Waals surface area (Å²) >= 11 is 7.68. The van der Waals surface area contributed by atoms with Crippen molar-refractivity contribution in [2.75, 3.05) is 0 Å². The number of hydrogen-bond acceptors (Lipinski definition) is 3. The molecule has 0 aliphatic carbocycles. The minimum atomic E-state index is 0.722. The highest BCUT2D eigenvalue weighted by Crippen LogP contribution is 2.27. The van der Waals surface area contributed by atoms with E-state index in [-0.39, 0.29) is 0 Å². The van der Waals surface area contributed by atoms with E-state index in [9.17, 15) is 0 Å².